The van der Waals surface area contributed by atoms with Crippen LogP contribution < -0.4 is 16.0 Å². The van der Waals surface area contributed by atoms with Gasteiger partial charge in [0.05, 0.1) is 11.7 Å². The molecule has 0 radical (unpaired) electrons. The molecule has 1 heterocycles. The minimum absolute atomic E-state index is 0.222. The van der Waals surface area contributed by atoms with E-state index in [9.17, 15) is 13.2 Å². The van der Waals surface area contributed by atoms with Crippen molar-refractivity contribution in [3.05, 3.63) is 47.8 Å². The number of halogens is 3. The van der Waals surface area contributed by atoms with E-state index in [1.54, 1.807) is 30.1 Å². The molecule has 0 saturated heterocycles. The molecule has 0 bridgehead atoms. The summed E-state index contributed by atoms with van der Waals surface area (Å²) in [6.45, 7) is 0. The molecule has 1 aromatic carbocycles. The summed E-state index contributed by atoms with van der Waals surface area (Å²) < 4.78 is 41.7. The molecule has 8 heteroatoms. The molecule has 0 spiro atoms. The van der Waals surface area contributed by atoms with Crippen LogP contribution in [0.4, 0.5) is 13.2 Å². The van der Waals surface area contributed by atoms with Crippen LogP contribution in [-0.4, -0.2) is 16.1 Å². The van der Waals surface area contributed by atoms with E-state index in [0.717, 1.165) is 11.3 Å². The highest BCUT2D eigenvalue weighted by molar-refractivity contribution is 5.28. The quantitative estimate of drug-likeness (QED) is 0.655. The maximum Gasteiger partial charge on any atom is 0.573 e. The van der Waals surface area contributed by atoms with Crippen molar-refractivity contribution in [3.8, 4) is 5.75 Å². The number of aromatic nitrogens is 2. The zero-order valence-electron chi connectivity index (χ0n) is 11.3. The third kappa shape index (κ3) is 4.47. The number of hydrogen-bond acceptors (Lipinski definition) is 4. The topological polar surface area (TPSA) is 65.1 Å². The largest absolute Gasteiger partial charge is 0.573 e. The van der Waals surface area contributed by atoms with E-state index in [-0.39, 0.29) is 11.8 Å². The first kappa shape index (κ1) is 15.3. The Morgan fingerprint density at radius 3 is 2.43 bits per heavy atom. The average Bonchev–Trinajstić information content (AvgIpc) is 2.82. The molecular weight excluding hydrogens is 285 g/mol. The predicted octanol–water partition coefficient (Wildman–Crippen LogP) is 2.07. The molecular formula is C13H15F3N4O. The standard InChI is InChI=1S/C13H15F3N4O/c1-20-7-6-11(19-20)12(18-17)8-9-2-4-10(5-3-9)21-13(14,15)16/h2-7,12,18H,8,17H2,1H3. The first-order chi connectivity index (χ1) is 9.87. The van der Waals surface area contributed by atoms with Crippen LogP contribution in [0.2, 0.25) is 0 Å². The van der Waals surface area contributed by atoms with Gasteiger partial charge in [-0.3, -0.25) is 16.0 Å². The summed E-state index contributed by atoms with van der Waals surface area (Å²) in [5.41, 5.74) is 4.22. The van der Waals surface area contributed by atoms with Gasteiger partial charge in [0, 0.05) is 13.2 Å². The second-order valence-corrected chi connectivity index (χ2v) is 4.53. The highest BCUT2D eigenvalue weighted by atomic mass is 19.4. The summed E-state index contributed by atoms with van der Waals surface area (Å²) in [4.78, 5) is 0. The van der Waals surface area contributed by atoms with Crippen LogP contribution in [0.5, 0.6) is 5.75 Å². The van der Waals surface area contributed by atoms with Crippen molar-refractivity contribution in [2.24, 2.45) is 12.9 Å². The van der Waals surface area contributed by atoms with Gasteiger partial charge in [-0.2, -0.15) is 5.10 Å². The number of ether oxygens (including phenoxy) is 1. The Hall–Kier alpha value is -2.06. The fraction of sp³-hybridized carbons (Fsp3) is 0.308. The molecule has 3 N–H and O–H groups in total. The van der Waals surface area contributed by atoms with Crippen molar-refractivity contribution in [3.63, 3.8) is 0 Å². The SMILES string of the molecule is Cn1ccc(C(Cc2ccc(OC(F)(F)F)cc2)NN)n1. The number of hydrazine groups is 1. The average molecular weight is 300 g/mol. The molecule has 2 rings (SSSR count). The van der Waals surface area contributed by atoms with Gasteiger partial charge in [0.1, 0.15) is 5.75 Å². The molecule has 1 aromatic heterocycles. The van der Waals surface area contributed by atoms with Crippen LogP contribution in [0.3, 0.4) is 0 Å². The van der Waals surface area contributed by atoms with E-state index in [1.807, 2.05) is 6.07 Å². The molecule has 1 unspecified atom stereocenters. The Morgan fingerprint density at radius 2 is 1.95 bits per heavy atom. The fourth-order valence-electron chi connectivity index (χ4n) is 1.93. The first-order valence-electron chi connectivity index (χ1n) is 6.18. The van der Waals surface area contributed by atoms with Gasteiger partial charge in [-0.25, -0.2) is 0 Å². The molecule has 5 nitrogen and oxygen atoms in total. The summed E-state index contributed by atoms with van der Waals surface area (Å²) in [6.07, 6.45) is -2.39. The molecule has 0 saturated carbocycles. The van der Waals surface area contributed by atoms with Gasteiger partial charge >= 0.3 is 6.36 Å². The van der Waals surface area contributed by atoms with Crippen LogP contribution in [0.25, 0.3) is 0 Å². The van der Waals surface area contributed by atoms with Crippen molar-refractivity contribution >= 4 is 0 Å². The third-order valence-electron chi connectivity index (χ3n) is 2.89. The minimum atomic E-state index is -4.68. The van der Waals surface area contributed by atoms with Gasteiger partial charge < -0.3 is 4.74 Å². The first-order valence-corrected chi connectivity index (χ1v) is 6.18. The molecule has 2 aromatic rings. The zero-order chi connectivity index (χ0) is 15.5. The van der Waals surface area contributed by atoms with Crippen molar-refractivity contribution in [1.29, 1.82) is 0 Å². The lowest BCUT2D eigenvalue weighted by Gasteiger charge is -2.14. The van der Waals surface area contributed by atoms with Gasteiger partial charge in [-0.15, -0.1) is 13.2 Å². The number of benzene rings is 1. The Morgan fingerprint density at radius 1 is 1.29 bits per heavy atom. The molecule has 114 valence electrons. The summed E-state index contributed by atoms with van der Waals surface area (Å²) in [6, 6.07) is 7.28. The van der Waals surface area contributed by atoms with Gasteiger partial charge in [-0.05, 0) is 30.2 Å². The second-order valence-electron chi connectivity index (χ2n) is 4.53. The molecule has 0 fully saturated rings. The van der Waals surface area contributed by atoms with Crippen LogP contribution in [-0.2, 0) is 13.5 Å². The third-order valence-corrected chi connectivity index (χ3v) is 2.89. The molecule has 1 atom stereocenters. The smallest absolute Gasteiger partial charge is 0.406 e. The minimum Gasteiger partial charge on any atom is -0.406 e. The highest BCUT2D eigenvalue weighted by Crippen LogP contribution is 2.24. The number of hydrogen-bond donors (Lipinski definition) is 2. The summed E-state index contributed by atoms with van der Waals surface area (Å²) >= 11 is 0. The van der Waals surface area contributed by atoms with E-state index >= 15 is 0 Å². The number of rotatable bonds is 5. The molecule has 0 amide bonds. The normalized spacial score (nSPS) is 13.2. The van der Waals surface area contributed by atoms with E-state index < -0.39 is 6.36 Å². The lowest BCUT2D eigenvalue weighted by molar-refractivity contribution is -0.274. The van der Waals surface area contributed by atoms with Gasteiger partial charge in [0.2, 0.25) is 0 Å². The molecule has 0 aliphatic carbocycles. The van der Waals surface area contributed by atoms with Crippen molar-refractivity contribution < 1.29 is 17.9 Å². The van der Waals surface area contributed by atoms with Crippen LogP contribution in [0.1, 0.15) is 17.3 Å². The highest BCUT2D eigenvalue weighted by Gasteiger charge is 2.30. The van der Waals surface area contributed by atoms with E-state index in [4.69, 9.17) is 5.84 Å². The van der Waals surface area contributed by atoms with Crippen molar-refractivity contribution in [2.75, 3.05) is 0 Å². The monoisotopic (exact) mass is 300 g/mol. The van der Waals surface area contributed by atoms with Gasteiger partial charge in [-0.1, -0.05) is 12.1 Å². The molecule has 0 aliphatic heterocycles. The number of nitrogens with one attached hydrogen (secondary N) is 1. The van der Waals surface area contributed by atoms with E-state index in [0.29, 0.717) is 6.42 Å². The summed E-state index contributed by atoms with van der Waals surface area (Å²) in [7, 11) is 1.79. The van der Waals surface area contributed by atoms with Crippen molar-refractivity contribution in [2.45, 2.75) is 18.8 Å². The predicted molar refractivity (Wildman–Crippen MR) is 70.1 cm³/mol. The van der Waals surface area contributed by atoms with E-state index in [1.165, 1.54) is 12.1 Å². The summed E-state index contributed by atoms with van der Waals surface area (Å²) in [5, 5.41) is 4.24. The Bertz CT molecular complexity index is 580. The Labute approximate surface area is 119 Å². The number of nitrogens with two attached hydrogens (primary N) is 1. The maximum atomic E-state index is 12.1. The second kappa shape index (κ2) is 6.15. The van der Waals surface area contributed by atoms with Crippen LogP contribution >= 0.6 is 0 Å². The number of nitrogens with zero attached hydrogens (tertiary/aromatic N) is 2. The molecule has 21 heavy (non-hydrogen) atoms. The zero-order valence-corrected chi connectivity index (χ0v) is 11.3. The van der Waals surface area contributed by atoms with Gasteiger partial charge in [0.25, 0.3) is 0 Å². The van der Waals surface area contributed by atoms with Crippen LogP contribution in [0.15, 0.2) is 36.5 Å². The molecule has 0 aliphatic rings. The van der Waals surface area contributed by atoms with E-state index in [2.05, 4.69) is 15.3 Å². The lowest BCUT2D eigenvalue weighted by atomic mass is 10.0. The fourth-order valence-corrected chi connectivity index (χ4v) is 1.93. The lowest BCUT2D eigenvalue weighted by Crippen LogP contribution is -2.30. The number of alkyl halides is 3. The Balaban J connectivity index is 2.05. The Kier molecular flexibility index (Phi) is 4.49. The summed E-state index contributed by atoms with van der Waals surface area (Å²) in [5.74, 6) is 5.25. The number of aryl methyl sites for hydroxylation is 1. The van der Waals surface area contributed by atoms with Crippen LogP contribution in [0, 0.1) is 0 Å². The van der Waals surface area contributed by atoms with Crippen molar-refractivity contribution in [1.82, 2.24) is 15.2 Å². The van der Waals surface area contributed by atoms with Gasteiger partial charge in [0.15, 0.2) is 0 Å². The maximum absolute atomic E-state index is 12.1.